The summed E-state index contributed by atoms with van der Waals surface area (Å²) in [7, 11) is -1.79. The van der Waals surface area contributed by atoms with Crippen molar-refractivity contribution in [3.8, 4) is 12.3 Å². The Hall–Kier alpha value is -1.03. The van der Waals surface area contributed by atoms with Gasteiger partial charge in [-0.1, -0.05) is 26.7 Å². The van der Waals surface area contributed by atoms with E-state index in [-0.39, 0.29) is 11.6 Å². The molecule has 0 saturated heterocycles. The van der Waals surface area contributed by atoms with E-state index in [1.54, 1.807) is 11.8 Å². The molecule has 0 aliphatic carbocycles. The molecule has 0 aliphatic rings. The molecule has 5 nitrogen and oxygen atoms in total. The Morgan fingerprint density at radius 1 is 1.16 bits per heavy atom. The molecule has 0 aromatic rings. The number of carbonyl (C=O) groups excluding carboxylic acids is 1. The normalized spacial score (nSPS) is 15.2. The van der Waals surface area contributed by atoms with Crippen LogP contribution in [0.2, 0.25) is 18.1 Å². The number of hydrogen-bond donors (Lipinski definition) is 1. The Balaban J connectivity index is 4.81. The summed E-state index contributed by atoms with van der Waals surface area (Å²) >= 11 is 0. The molecule has 0 bridgehead atoms. The average Bonchev–Trinajstić information content (AvgIpc) is 2.38. The van der Waals surface area contributed by atoms with E-state index in [1.807, 2.05) is 20.8 Å². The molecule has 6 heteroatoms. The van der Waals surface area contributed by atoms with Crippen LogP contribution in [0.4, 0.5) is 4.79 Å². The van der Waals surface area contributed by atoms with Gasteiger partial charge >= 0.3 is 6.09 Å². The predicted octanol–water partition coefficient (Wildman–Crippen LogP) is 3.99. The van der Waals surface area contributed by atoms with Crippen LogP contribution in [0.3, 0.4) is 0 Å². The molecule has 0 fully saturated rings. The van der Waals surface area contributed by atoms with Crippen LogP contribution < -0.4 is 5.73 Å². The van der Waals surface area contributed by atoms with Crippen molar-refractivity contribution >= 4 is 14.4 Å². The zero-order valence-electron chi connectivity index (χ0n) is 17.7. The quantitative estimate of drug-likeness (QED) is 0.418. The van der Waals surface area contributed by atoms with Gasteiger partial charge in [-0.3, -0.25) is 0 Å². The molecule has 1 atom stereocenters. The lowest BCUT2D eigenvalue weighted by atomic mass is 10.1. The molecule has 0 heterocycles. The summed E-state index contributed by atoms with van der Waals surface area (Å²) in [6.45, 7) is 19.7. The van der Waals surface area contributed by atoms with E-state index >= 15 is 0 Å². The smallest absolute Gasteiger partial charge is 0.410 e. The Bertz CT molecular complexity index is 482. The van der Waals surface area contributed by atoms with E-state index < -0.39 is 25.6 Å². The fourth-order valence-electron chi connectivity index (χ4n) is 1.80. The first-order valence-corrected chi connectivity index (χ1v) is 11.8. The second kappa shape index (κ2) is 8.57. The van der Waals surface area contributed by atoms with Gasteiger partial charge in [-0.2, -0.15) is 0 Å². The molecular weight excluding hydrogens is 332 g/mol. The van der Waals surface area contributed by atoms with Crippen LogP contribution in [-0.2, 0) is 9.16 Å². The molecule has 0 rings (SSSR count). The molecule has 0 radical (unpaired) electrons. The SMILES string of the molecule is C#C[C@](C)(N)CN(CCCO[Si](C)(C)C(C)(C)C)C(=O)OC(C)(C)C. The van der Waals surface area contributed by atoms with Crippen LogP contribution in [0, 0.1) is 12.3 Å². The van der Waals surface area contributed by atoms with E-state index in [2.05, 4.69) is 39.8 Å². The lowest BCUT2D eigenvalue weighted by Crippen LogP contribution is -2.50. The maximum absolute atomic E-state index is 12.5. The number of carbonyl (C=O) groups is 1. The van der Waals surface area contributed by atoms with Gasteiger partial charge in [0.1, 0.15) is 5.60 Å². The monoisotopic (exact) mass is 370 g/mol. The Kier molecular flexibility index (Phi) is 8.21. The Morgan fingerprint density at radius 2 is 1.68 bits per heavy atom. The number of nitrogens with two attached hydrogens (primary N) is 1. The maximum atomic E-state index is 12.5. The van der Waals surface area contributed by atoms with Gasteiger partial charge in [-0.25, -0.2) is 4.79 Å². The van der Waals surface area contributed by atoms with Gasteiger partial charge in [-0.05, 0) is 52.2 Å². The molecule has 0 saturated carbocycles. The van der Waals surface area contributed by atoms with Crippen LogP contribution in [0.5, 0.6) is 0 Å². The van der Waals surface area contributed by atoms with Crippen molar-refractivity contribution in [2.45, 2.75) is 84.2 Å². The first kappa shape index (κ1) is 24.0. The van der Waals surface area contributed by atoms with Gasteiger partial charge < -0.3 is 19.8 Å². The third-order valence-corrected chi connectivity index (χ3v) is 8.88. The van der Waals surface area contributed by atoms with Crippen molar-refractivity contribution in [2.24, 2.45) is 5.73 Å². The van der Waals surface area contributed by atoms with Gasteiger partial charge in [0.15, 0.2) is 8.32 Å². The summed E-state index contributed by atoms with van der Waals surface area (Å²) in [6.07, 6.45) is 5.79. The molecule has 0 spiro atoms. The predicted molar refractivity (Wildman–Crippen MR) is 107 cm³/mol. The molecule has 0 unspecified atom stereocenters. The second-order valence-corrected chi connectivity index (χ2v) is 14.2. The lowest BCUT2D eigenvalue weighted by Gasteiger charge is -2.36. The highest BCUT2D eigenvalue weighted by Crippen LogP contribution is 2.36. The largest absolute Gasteiger partial charge is 0.444 e. The highest BCUT2D eigenvalue weighted by atomic mass is 28.4. The average molecular weight is 371 g/mol. The number of amides is 1. The van der Waals surface area contributed by atoms with E-state index in [4.69, 9.17) is 21.3 Å². The minimum atomic E-state index is -1.79. The van der Waals surface area contributed by atoms with Crippen molar-refractivity contribution in [1.82, 2.24) is 4.90 Å². The summed E-state index contributed by atoms with van der Waals surface area (Å²) in [5, 5.41) is 0.164. The zero-order chi connectivity index (χ0) is 20.1. The molecule has 0 aromatic heterocycles. The van der Waals surface area contributed by atoms with Gasteiger partial charge in [0, 0.05) is 13.2 Å². The lowest BCUT2D eigenvalue weighted by molar-refractivity contribution is 0.0218. The Morgan fingerprint density at radius 3 is 2.08 bits per heavy atom. The molecular formula is C19H38N2O3Si. The second-order valence-electron chi connectivity index (χ2n) is 9.43. The van der Waals surface area contributed by atoms with E-state index in [0.29, 0.717) is 19.6 Å². The molecule has 0 aromatic carbocycles. The van der Waals surface area contributed by atoms with Gasteiger partial charge in [0.05, 0.1) is 12.1 Å². The van der Waals surface area contributed by atoms with Crippen molar-refractivity contribution in [3.63, 3.8) is 0 Å². The first-order valence-electron chi connectivity index (χ1n) is 8.89. The van der Waals surface area contributed by atoms with Crippen molar-refractivity contribution in [2.75, 3.05) is 19.7 Å². The maximum Gasteiger partial charge on any atom is 0.410 e. The van der Waals surface area contributed by atoms with Crippen LogP contribution in [0.25, 0.3) is 0 Å². The summed E-state index contributed by atoms with van der Waals surface area (Å²) < 4.78 is 11.6. The fourth-order valence-corrected chi connectivity index (χ4v) is 2.89. The van der Waals surface area contributed by atoms with Crippen molar-refractivity contribution in [3.05, 3.63) is 0 Å². The molecule has 1 amide bonds. The van der Waals surface area contributed by atoms with Crippen molar-refractivity contribution < 1.29 is 14.0 Å². The van der Waals surface area contributed by atoms with E-state index in [1.165, 1.54) is 0 Å². The van der Waals surface area contributed by atoms with Crippen LogP contribution >= 0.6 is 0 Å². The van der Waals surface area contributed by atoms with Crippen LogP contribution in [-0.4, -0.2) is 50.1 Å². The molecule has 146 valence electrons. The zero-order valence-corrected chi connectivity index (χ0v) is 18.7. The first-order chi connectivity index (χ1) is 11.0. The third-order valence-electron chi connectivity index (χ3n) is 4.34. The summed E-state index contributed by atoms with van der Waals surface area (Å²) in [6, 6.07) is 0. The van der Waals surface area contributed by atoms with Gasteiger partial charge in [-0.15, -0.1) is 6.42 Å². The topological polar surface area (TPSA) is 64.8 Å². The molecule has 0 aliphatic heterocycles. The van der Waals surface area contributed by atoms with Gasteiger partial charge in [0.25, 0.3) is 0 Å². The number of ether oxygens (including phenoxy) is 1. The van der Waals surface area contributed by atoms with E-state index in [0.717, 1.165) is 0 Å². The number of terminal acetylenes is 1. The van der Waals surface area contributed by atoms with Gasteiger partial charge in [0.2, 0.25) is 0 Å². The fraction of sp³-hybridized carbons (Fsp3) is 0.842. The highest BCUT2D eigenvalue weighted by Gasteiger charge is 2.37. The number of rotatable bonds is 7. The minimum Gasteiger partial charge on any atom is -0.444 e. The summed E-state index contributed by atoms with van der Waals surface area (Å²) in [5.74, 6) is 2.53. The molecule has 2 N–H and O–H groups in total. The van der Waals surface area contributed by atoms with Crippen LogP contribution in [0.15, 0.2) is 0 Å². The number of nitrogens with zero attached hydrogens (tertiary/aromatic N) is 1. The van der Waals surface area contributed by atoms with Crippen molar-refractivity contribution in [1.29, 1.82) is 0 Å². The number of hydrogen-bond acceptors (Lipinski definition) is 4. The molecule has 25 heavy (non-hydrogen) atoms. The summed E-state index contributed by atoms with van der Waals surface area (Å²) in [4.78, 5) is 14.0. The Labute approximate surface area is 155 Å². The third kappa shape index (κ3) is 9.29. The van der Waals surface area contributed by atoms with E-state index in [9.17, 15) is 4.79 Å². The highest BCUT2D eigenvalue weighted by molar-refractivity contribution is 6.74. The summed E-state index contributed by atoms with van der Waals surface area (Å²) in [5.41, 5.74) is 4.59. The standard InChI is InChI=1S/C19H38N2O3Si/c1-11-19(8,20)15-21(16(22)24-17(2,3)4)13-12-14-23-25(9,10)18(5,6)7/h1H,12-15,20H2,2-10H3/t19-/m0/s1. The van der Waals surface area contributed by atoms with Crippen LogP contribution in [0.1, 0.15) is 54.9 Å². The minimum absolute atomic E-state index is 0.164.